The van der Waals surface area contributed by atoms with Crippen molar-refractivity contribution in [2.24, 2.45) is 0 Å². The number of para-hydroxylation sites is 1. The second kappa shape index (κ2) is 16.4. The van der Waals surface area contributed by atoms with Crippen LogP contribution in [0, 0.1) is 0 Å². The molecule has 6 rings (SSSR count). The quantitative estimate of drug-likeness (QED) is 0.336. The summed E-state index contributed by atoms with van der Waals surface area (Å²) in [5, 5.41) is 11.8. The molecule has 13 nitrogen and oxygen atoms in total. The molecule has 0 unspecified atom stereocenters. The average molecular weight is 764 g/mol. The number of carbonyl (C=O) groups excluding carboxylic acids is 3. The van der Waals surface area contributed by atoms with E-state index in [1.165, 1.54) is 11.0 Å². The smallest absolute Gasteiger partial charge is 0.418 e. The number of halogens is 4. The molecule has 0 bridgehead atoms. The molecule has 53 heavy (non-hydrogen) atoms. The summed E-state index contributed by atoms with van der Waals surface area (Å²) >= 11 is 6.11. The number of likely N-dealkylation sites (tertiary alicyclic amines) is 2. The topological polar surface area (TPSA) is 152 Å². The van der Waals surface area contributed by atoms with Gasteiger partial charge in [0.15, 0.2) is 6.10 Å². The number of carboxylic acids is 1. The number of amides is 4. The van der Waals surface area contributed by atoms with Gasteiger partial charge in [-0.3, -0.25) is 19.4 Å². The minimum absolute atomic E-state index is 0.00164. The van der Waals surface area contributed by atoms with E-state index in [0.717, 1.165) is 30.2 Å². The van der Waals surface area contributed by atoms with Gasteiger partial charge in [0, 0.05) is 83.1 Å². The Kier molecular flexibility index (Phi) is 11.9. The number of nitrogens with zero attached hydrogens (tertiary/aromatic N) is 5. The first kappa shape index (κ1) is 38.4. The van der Waals surface area contributed by atoms with Gasteiger partial charge < -0.3 is 35.6 Å². The molecule has 3 fully saturated rings. The first-order valence-electron chi connectivity index (χ1n) is 18.0. The summed E-state index contributed by atoms with van der Waals surface area (Å²) in [6, 6.07) is 9.64. The number of alkyl halides is 3. The highest BCUT2D eigenvalue weighted by molar-refractivity contribution is 6.33. The van der Waals surface area contributed by atoms with Crippen molar-refractivity contribution in [1.29, 1.82) is 0 Å². The molecule has 0 spiro atoms. The number of rotatable bonds is 8. The van der Waals surface area contributed by atoms with Gasteiger partial charge in [-0.1, -0.05) is 29.8 Å². The third kappa shape index (κ3) is 9.27. The van der Waals surface area contributed by atoms with Gasteiger partial charge in [0.25, 0.3) is 5.91 Å². The number of carbonyl (C=O) groups is 4. The number of ether oxygens (including phenoxy) is 1. The van der Waals surface area contributed by atoms with Crippen LogP contribution in [0.1, 0.15) is 42.4 Å². The number of aliphatic carboxylic acids is 1. The Labute approximate surface area is 310 Å². The SMILES string of the molecule is Nc1c(Cl)cc(C[C@@H](OC(=O)N2CCC(N3CCc4ccccc4NC3=O)CC2)C(=O)N2CCN(C3CCN(CC(=O)O)CC3)CC2)cc1C(F)(F)F. The minimum Gasteiger partial charge on any atom is -0.480 e. The van der Waals surface area contributed by atoms with Crippen molar-refractivity contribution in [1.82, 2.24) is 24.5 Å². The highest BCUT2D eigenvalue weighted by atomic mass is 35.5. The molecule has 4 N–H and O–H groups in total. The average Bonchev–Trinajstić information content (AvgIpc) is 3.30. The number of anilines is 2. The van der Waals surface area contributed by atoms with E-state index in [9.17, 15) is 32.3 Å². The molecule has 2 aromatic carbocycles. The van der Waals surface area contributed by atoms with Crippen molar-refractivity contribution in [3.8, 4) is 0 Å². The normalized spacial score (nSPS) is 20.4. The summed E-state index contributed by atoms with van der Waals surface area (Å²) in [5.41, 5.74) is 5.75. The number of nitrogens with two attached hydrogens (primary N) is 1. The molecule has 4 amide bonds. The lowest BCUT2D eigenvalue weighted by molar-refractivity contribution is -0.143. The van der Waals surface area contributed by atoms with Crippen LogP contribution in [0.4, 0.5) is 34.1 Å². The zero-order valence-electron chi connectivity index (χ0n) is 29.3. The number of urea groups is 1. The van der Waals surface area contributed by atoms with Crippen LogP contribution in [-0.2, 0) is 33.3 Å². The number of piperidine rings is 2. The van der Waals surface area contributed by atoms with Crippen LogP contribution >= 0.6 is 11.6 Å². The molecular weight excluding hydrogens is 719 g/mol. The number of fused-ring (bicyclic) bond motifs is 1. The zero-order chi connectivity index (χ0) is 37.9. The molecule has 2 aromatic rings. The van der Waals surface area contributed by atoms with E-state index in [4.69, 9.17) is 27.2 Å². The molecular formula is C36H45ClF3N7O6. The van der Waals surface area contributed by atoms with Crippen molar-refractivity contribution < 1.29 is 42.2 Å². The van der Waals surface area contributed by atoms with E-state index in [2.05, 4.69) is 10.2 Å². The Morgan fingerprint density at radius 1 is 0.925 bits per heavy atom. The summed E-state index contributed by atoms with van der Waals surface area (Å²) in [6.07, 6.45) is -4.08. The summed E-state index contributed by atoms with van der Waals surface area (Å²) in [6.45, 7) is 4.11. The molecule has 288 valence electrons. The number of hydrogen-bond donors (Lipinski definition) is 3. The van der Waals surface area contributed by atoms with Crippen LogP contribution in [0.15, 0.2) is 36.4 Å². The lowest BCUT2D eigenvalue weighted by Crippen LogP contribution is -2.56. The molecule has 4 heterocycles. The van der Waals surface area contributed by atoms with Gasteiger partial charge >= 0.3 is 24.3 Å². The molecule has 0 aromatic heterocycles. The molecule has 4 aliphatic rings. The number of nitrogen functional groups attached to an aromatic ring is 1. The van der Waals surface area contributed by atoms with E-state index < -0.39 is 41.5 Å². The summed E-state index contributed by atoms with van der Waals surface area (Å²) in [5.74, 6) is -1.38. The van der Waals surface area contributed by atoms with Crippen LogP contribution in [-0.4, -0.2) is 137 Å². The van der Waals surface area contributed by atoms with Crippen LogP contribution in [0.3, 0.4) is 0 Å². The van der Waals surface area contributed by atoms with Crippen LogP contribution in [0.25, 0.3) is 0 Å². The van der Waals surface area contributed by atoms with Gasteiger partial charge in [-0.15, -0.1) is 0 Å². The first-order valence-corrected chi connectivity index (χ1v) is 18.4. The van der Waals surface area contributed by atoms with Gasteiger partial charge in [-0.2, -0.15) is 13.2 Å². The summed E-state index contributed by atoms with van der Waals surface area (Å²) in [4.78, 5) is 60.8. The minimum atomic E-state index is -4.79. The Bertz CT molecular complexity index is 1680. The zero-order valence-corrected chi connectivity index (χ0v) is 30.1. The maximum Gasteiger partial charge on any atom is 0.418 e. The van der Waals surface area contributed by atoms with Crippen molar-refractivity contribution in [3.63, 3.8) is 0 Å². The monoisotopic (exact) mass is 763 g/mol. The van der Waals surface area contributed by atoms with Crippen LogP contribution in [0.5, 0.6) is 0 Å². The number of nitrogens with one attached hydrogen (secondary N) is 1. The Morgan fingerprint density at radius 2 is 1.58 bits per heavy atom. The predicted molar refractivity (Wildman–Crippen MR) is 191 cm³/mol. The van der Waals surface area contributed by atoms with Crippen LogP contribution < -0.4 is 11.1 Å². The molecule has 4 aliphatic heterocycles. The molecule has 0 radical (unpaired) electrons. The van der Waals surface area contributed by atoms with Gasteiger partial charge in [0.1, 0.15) is 0 Å². The molecule has 1 atom stereocenters. The number of benzene rings is 2. The number of piperazine rings is 1. The Balaban J connectivity index is 1.10. The van der Waals surface area contributed by atoms with Crippen molar-refractivity contribution in [3.05, 3.63) is 58.1 Å². The van der Waals surface area contributed by atoms with Crippen LogP contribution in [0.2, 0.25) is 5.02 Å². The predicted octanol–water partition coefficient (Wildman–Crippen LogP) is 4.24. The molecule has 17 heteroatoms. The maximum atomic E-state index is 14.0. The van der Waals surface area contributed by atoms with Gasteiger partial charge in [-0.25, -0.2) is 9.59 Å². The second-order valence-corrected chi connectivity index (χ2v) is 14.5. The molecule has 0 aliphatic carbocycles. The largest absolute Gasteiger partial charge is 0.480 e. The first-order chi connectivity index (χ1) is 25.3. The fraction of sp³-hybridized carbons (Fsp3) is 0.556. The highest BCUT2D eigenvalue weighted by Crippen LogP contribution is 2.38. The summed E-state index contributed by atoms with van der Waals surface area (Å²) < 4.78 is 47.3. The molecule has 3 saturated heterocycles. The number of carboxylic acid groups (broad SMARTS) is 1. The van der Waals surface area contributed by atoms with E-state index in [1.807, 2.05) is 29.2 Å². The van der Waals surface area contributed by atoms with Crippen molar-refractivity contribution in [2.45, 2.75) is 62.9 Å². The van der Waals surface area contributed by atoms with Gasteiger partial charge in [-0.05, 0) is 61.4 Å². The van der Waals surface area contributed by atoms with Gasteiger partial charge in [0.2, 0.25) is 0 Å². The third-order valence-corrected chi connectivity index (χ3v) is 11.1. The van der Waals surface area contributed by atoms with E-state index in [-0.39, 0.29) is 54.8 Å². The van der Waals surface area contributed by atoms with E-state index >= 15 is 0 Å². The maximum absolute atomic E-state index is 14.0. The van der Waals surface area contributed by atoms with E-state index in [0.29, 0.717) is 65.1 Å². The number of hydrogen-bond acceptors (Lipinski definition) is 8. The van der Waals surface area contributed by atoms with Crippen molar-refractivity contribution in [2.75, 3.05) is 76.5 Å². The third-order valence-electron chi connectivity index (χ3n) is 10.8. The standard InChI is InChI=1S/C36H45ClF3N7O6/c37-28-20-23(19-27(32(28)41)36(38,39)40)21-30(33(50)45-17-15-44(16-18-45)25-6-10-43(11-7-25)22-31(48)49)53-35(52)46-12-8-26(9-13-46)47-14-5-24-3-1-2-4-29(24)42-34(47)51/h1-4,19-20,25-26,30H,5-18,21-22,41H2,(H,42,51)(H,48,49)/t30-/m1/s1. The van der Waals surface area contributed by atoms with Gasteiger partial charge in [0.05, 0.1) is 22.8 Å². The van der Waals surface area contributed by atoms with E-state index in [1.54, 1.807) is 9.80 Å². The lowest BCUT2D eigenvalue weighted by atomic mass is 10.0. The fourth-order valence-electron chi connectivity index (χ4n) is 7.86. The summed E-state index contributed by atoms with van der Waals surface area (Å²) in [7, 11) is 0. The Morgan fingerprint density at radius 3 is 2.25 bits per heavy atom. The molecule has 0 saturated carbocycles. The highest BCUT2D eigenvalue weighted by Gasteiger charge is 2.38. The second-order valence-electron chi connectivity index (χ2n) is 14.1. The Hall–Kier alpha value is -4.28. The fourth-order valence-corrected chi connectivity index (χ4v) is 8.10. The van der Waals surface area contributed by atoms with Crippen molar-refractivity contribution >= 4 is 47.0 Å². The lowest BCUT2D eigenvalue weighted by Gasteiger charge is -2.43.